The Morgan fingerprint density at radius 3 is 1.91 bits per heavy atom. The highest BCUT2D eigenvalue weighted by molar-refractivity contribution is 9.10. The minimum absolute atomic E-state index is 0.410. The molecule has 4 nitrogen and oxygen atoms in total. The number of β-amino-alcohol motifs (C(OH)–C–C–N with tert-alkyl or cyclic N) is 1. The molecule has 172 valence electrons. The third-order valence-corrected chi connectivity index (χ3v) is 7.66. The highest BCUT2D eigenvalue weighted by atomic mass is 79.9. The number of benzene rings is 3. The van der Waals surface area contributed by atoms with Crippen molar-refractivity contribution in [3.05, 3.63) is 81.2 Å². The molecule has 3 aromatic carbocycles. The van der Waals surface area contributed by atoms with Crippen molar-refractivity contribution < 1.29 is 5.11 Å². The minimum Gasteiger partial charge on any atom is -0.390 e. The number of halogens is 2. The van der Waals surface area contributed by atoms with Crippen LogP contribution in [0.3, 0.4) is 0 Å². The van der Waals surface area contributed by atoms with Crippen molar-refractivity contribution in [2.24, 2.45) is 0 Å². The maximum absolute atomic E-state index is 11.0. The summed E-state index contributed by atoms with van der Waals surface area (Å²) in [7, 11) is 0. The van der Waals surface area contributed by atoms with Gasteiger partial charge in [-0.25, -0.2) is 0 Å². The average molecular weight is 571 g/mol. The normalized spacial score (nSPS) is 16.6. The Balaban J connectivity index is 1.21. The van der Waals surface area contributed by atoms with Gasteiger partial charge in [-0.3, -0.25) is 4.90 Å². The van der Waals surface area contributed by atoms with E-state index in [-0.39, 0.29) is 0 Å². The van der Waals surface area contributed by atoms with E-state index in [0.717, 1.165) is 59.1 Å². The van der Waals surface area contributed by atoms with Gasteiger partial charge in [-0.15, -0.1) is 0 Å². The third-order valence-electron chi connectivity index (χ3n) is 6.68. The lowest BCUT2D eigenvalue weighted by atomic mass is 10.1. The van der Waals surface area contributed by atoms with E-state index >= 15 is 0 Å². The molecule has 1 N–H and O–H groups in total. The first-order valence-electron chi connectivity index (χ1n) is 11.6. The molecule has 2 heterocycles. The van der Waals surface area contributed by atoms with E-state index in [1.807, 2.05) is 0 Å². The van der Waals surface area contributed by atoms with Crippen LogP contribution in [0.1, 0.15) is 5.56 Å². The summed E-state index contributed by atoms with van der Waals surface area (Å²) >= 11 is 7.22. The van der Waals surface area contributed by atoms with Gasteiger partial charge >= 0.3 is 0 Å². The van der Waals surface area contributed by atoms with Gasteiger partial charge in [0.2, 0.25) is 0 Å². The number of aliphatic hydroxyl groups excluding tert-OH is 1. The predicted molar refractivity (Wildman–Crippen MR) is 144 cm³/mol. The first-order chi connectivity index (χ1) is 16.1. The van der Waals surface area contributed by atoms with Crippen LogP contribution in [0.5, 0.6) is 0 Å². The van der Waals surface area contributed by atoms with Gasteiger partial charge < -0.3 is 14.6 Å². The highest BCUT2D eigenvalue weighted by Crippen LogP contribution is 2.33. The molecule has 0 unspecified atom stereocenters. The zero-order valence-corrected chi connectivity index (χ0v) is 21.8. The predicted octanol–water partition coefficient (Wildman–Crippen LogP) is 5.54. The van der Waals surface area contributed by atoms with E-state index in [0.29, 0.717) is 13.1 Å². The van der Waals surface area contributed by atoms with Gasteiger partial charge in [-0.2, -0.15) is 0 Å². The Labute approximate surface area is 212 Å². The summed E-state index contributed by atoms with van der Waals surface area (Å²) in [5, 5.41) is 13.4. The second-order valence-electron chi connectivity index (χ2n) is 8.97. The summed E-state index contributed by atoms with van der Waals surface area (Å²) in [6.07, 6.45) is 0.690. The lowest BCUT2D eigenvalue weighted by Gasteiger charge is -2.35. The van der Waals surface area contributed by atoms with Gasteiger partial charge in [0.05, 0.1) is 12.6 Å². The fourth-order valence-corrected chi connectivity index (χ4v) is 5.66. The first-order valence-corrected chi connectivity index (χ1v) is 13.2. The Bertz CT molecular complexity index is 1170. The van der Waals surface area contributed by atoms with E-state index in [4.69, 9.17) is 0 Å². The number of fused-ring (bicyclic) bond motifs is 3. The smallest absolute Gasteiger partial charge is 0.0845 e. The lowest BCUT2D eigenvalue weighted by Crippen LogP contribution is -2.49. The van der Waals surface area contributed by atoms with Gasteiger partial charge in [0.1, 0.15) is 0 Å². The molecule has 5 rings (SSSR count). The SMILES string of the molecule is O[C@@H](CN1CCN(CCc2ccccc2)CC1)Cn1c2ccc(Br)cc2c2cc(Br)ccc21. The van der Waals surface area contributed by atoms with Crippen LogP contribution >= 0.6 is 31.9 Å². The minimum atomic E-state index is -0.410. The molecule has 1 saturated heterocycles. The Morgan fingerprint density at radius 1 is 0.727 bits per heavy atom. The van der Waals surface area contributed by atoms with Crippen LogP contribution < -0.4 is 0 Å². The van der Waals surface area contributed by atoms with E-state index < -0.39 is 6.10 Å². The maximum atomic E-state index is 11.0. The molecule has 0 radical (unpaired) electrons. The largest absolute Gasteiger partial charge is 0.390 e. The zero-order chi connectivity index (χ0) is 22.8. The van der Waals surface area contributed by atoms with Crippen LogP contribution in [0.15, 0.2) is 75.7 Å². The molecule has 0 saturated carbocycles. The van der Waals surface area contributed by atoms with E-state index in [2.05, 4.69) is 113 Å². The summed E-state index contributed by atoms with van der Waals surface area (Å²) in [5.41, 5.74) is 3.73. The summed E-state index contributed by atoms with van der Waals surface area (Å²) in [6, 6.07) is 23.5. The van der Waals surface area contributed by atoms with Gasteiger partial charge in [-0.1, -0.05) is 62.2 Å². The molecule has 1 aromatic heterocycles. The fraction of sp³-hybridized carbons (Fsp3) is 0.333. The number of hydrogen-bond acceptors (Lipinski definition) is 3. The molecule has 0 amide bonds. The van der Waals surface area contributed by atoms with E-state index in [9.17, 15) is 5.11 Å². The number of piperazine rings is 1. The molecule has 4 aromatic rings. The van der Waals surface area contributed by atoms with Crippen molar-refractivity contribution >= 4 is 53.7 Å². The van der Waals surface area contributed by atoms with E-state index in [1.54, 1.807) is 0 Å². The van der Waals surface area contributed by atoms with Gasteiger partial charge in [0.15, 0.2) is 0 Å². The lowest BCUT2D eigenvalue weighted by molar-refractivity contribution is 0.0659. The second kappa shape index (κ2) is 10.3. The van der Waals surface area contributed by atoms with Crippen LogP contribution in [0.2, 0.25) is 0 Å². The zero-order valence-electron chi connectivity index (χ0n) is 18.6. The molecular weight excluding hydrogens is 542 g/mol. The molecule has 1 aliphatic rings. The van der Waals surface area contributed by atoms with Crippen molar-refractivity contribution in [2.45, 2.75) is 19.1 Å². The number of rotatable bonds is 7. The van der Waals surface area contributed by atoms with Crippen molar-refractivity contribution in [2.75, 3.05) is 39.3 Å². The monoisotopic (exact) mass is 569 g/mol. The van der Waals surface area contributed by atoms with Crippen molar-refractivity contribution in [1.82, 2.24) is 14.4 Å². The van der Waals surface area contributed by atoms with Crippen molar-refractivity contribution in [3.8, 4) is 0 Å². The fourth-order valence-electron chi connectivity index (χ4n) is 4.94. The average Bonchev–Trinajstić information content (AvgIpc) is 3.11. The number of hydrogen-bond donors (Lipinski definition) is 1. The maximum Gasteiger partial charge on any atom is 0.0845 e. The molecular formula is C27H29Br2N3O. The summed E-state index contributed by atoms with van der Waals surface area (Å²) in [5.74, 6) is 0. The molecule has 1 aliphatic heterocycles. The van der Waals surface area contributed by atoms with Crippen molar-refractivity contribution in [1.29, 1.82) is 0 Å². The second-order valence-corrected chi connectivity index (χ2v) is 10.8. The Hall–Kier alpha value is -1.70. The van der Waals surface area contributed by atoms with Crippen LogP contribution in [-0.2, 0) is 13.0 Å². The summed E-state index contributed by atoms with van der Waals surface area (Å²) in [6.45, 7) is 6.57. The molecule has 0 aliphatic carbocycles. The topological polar surface area (TPSA) is 31.6 Å². The molecule has 0 bridgehead atoms. The molecule has 0 spiro atoms. The Kier molecular flexibility index (Phi) is 7.18. The van der Waals surface area contributed by atoms with Crippen LogP contribution in [-0.4, -0.2) is 64.8 Å². The summed E-state index contributed by atoms with van der Waals surface area (Å²) < 4.78 is 4.41. The Morgan fingerprint density at radius 2 is 1.30 bits per heavy atom. The van der Waals surface area contributed by atoms with Gasteiger partial charge in [0, 0.05) is 70.0 Å². The van der Waals surface area contributed by atoms with Gasteiger partial charge in [-0.05, 0) is 48.4 Å². The highest BCUT2D eigenvalue weighted by Gasteiger charge is 2.21. The molecule has 1 fully saturated rings. The van der Waals surface area contributed by atoms with Gasteiger partial charge in [0.25, 0.3) is 0 Å². The third kappa shape index (κ3) is 5.36. The number of aromatic nitrogens is 1. The van der Waals surface area contributed by atoms with Crippen LogP contribution in [0.4, 0.5) is 0 Å². The number of nitrogens with zero attached hydrogens (tertiary/aromatic N) is 3. The van der Waals surface area contributed by atoms with Crippen LogP contribution in [0, 0.1) is 0 Å². The standard InChI is InChI=1S/C27H29Br2N3O/c28-21-6-8-26-24(16-21)25-17-22(29)7-9-27(25)32(26)19-23(33)18-31-14-12-30(13-15-31)11-10-20-4-2-1-3-5-20/h1-9,16-17,23,33H,10-15,18-19H2/t23-/m0/s1. The molecule has 1 atom stereocenters. The molecule has 33 heavy (non-hydrogen) atoms. The molecule has 6 heteroatoms. The van der Waals surface area contributed by atoms with Crippen molar-refractivity contribution in [3.63, 3.8) is 0 Å². The van der Waals surface area contributed by atoms with E-state index in [1.165, 1.54) is 16.3 Å². The van der Waals surface area contributed by atoms with Crippen LogP contribution in [0.25, 0.3) is 21.8 Å². The summed E-state index contributed by atoms with van der Waals surface area (Å²) in [4.78, 5) is 4.95. The first kappa shape index (κ1) is 23.1. The quantitative estimate of drug-likeness (QED) is 0.316. The number of aliphatic hydroxyl groups is 1.